The van der Waals surface area contributed by atoms with E-state index in [4.69, 9.17) is 10.8 Å². The first-order valence-corrected chi connectivity index (χ1v) is 7.64. The number of halogens is 1. The van der Waals surface area contributed by atoms with E-state index in [1.165, 1.54) is 0 Å². The average molecular weight is 359 g/mol. The van der Waals surface area contributed by atoms with Gasteiger partial charge in [0.2, 0.25) is 0 Å². The van der Waals surface area contributed by atoms with Gasteiger partial charge >= 0.3 is 5.97 Å². The van der Waals surface area contributed by atoms with Crippen molar-refractivity contribution >= 4 is 29.3 Å². The van der Waals surface area contributed by atoms with E-state index in [-0.39, 0.29) is 24.4 Å². The van der Waals surface area contributed by atoms with Crippen LogP contribution in [0.4, 0.5) is 0 Å². The van der Waals surface area contributed by atoms with E-state index in [0.29, 0.717) is 5.56 Å². The molecule has 25 heavy (non-hydrogen) atoms. The number of fused-ring (bicyclic) bond motifs is 1. The molecule has 0 fully saturated rings. The third-order valence-electron chi connectivity index (χ3n) is 4.17. The Kier molecular flexibility index (Phi) is 5.62. The van der Waals surface area contributed by atoms with Crippen molar-refractivity contribution in [3.05, 3.63) is 70.5 Å². The van der Waals surface area contributed by atoms with Crippen molar-refractivity contribution in [3.8, 4) is 11.1 Å². The lowest BCUT2D eigenvalue weighted by Crippen LogP contribution is -2.32. The lowest BCUT2D eigenvalue weighted by molar-refractivity contribution is -0.138. The first kappa shape index (κ1) is 18.7. The number of aromatic nitrogens is 1. The van der Waals surface area contributed by atoms with E-state index in [9.17, 15) is 9.59 Å². The fourth-order valence-electron chi connectivity index (χ4n) is 2.79. The van der Waals surface area contributed by atoms with Crippen LogP contribution in [0.5, 0.6) is 0 Å². The molecule has 3 aromatic rings. The normalized spacial score (nSPS) is 11.8. The molecule has 0 saturated carbocycles. The van der Waals surface area contributed by atoms with Crippen LogP contribution >= 0.6 is 12.4 Å². The van der Waals surface area contributed by atoms with Gasteiger partial charge in [-0.1, -0.05) is 42.5 Å². The largest absolute Gasteiger partial charge is 0.480 e. The highest BCUT2D eigenvalue weighted by molar-refractivity contribution is 5.85. The number of pyridine rings is 1. The summed E-state index contributed by atoms with van der Waals surface area (Å²) in [6.07, 6.45) is 0.255. The second kappa shape index (κ2) is 7.51. The Balaban J connectivity index is 0.00000225. The number of carboxylic acid groups (broad SMARTS) is 1. The van der Waals surface area contributed by atoms with Crippen molar-refractivity contribution in [3.63, 3.8) is 0 Å². The molecule has 3 N–H and O–H groups in total. The molecule has 5 nitrogen and oxygen atoms in total. The van der Waals surface area contributed by atoms with Gasteiger partial charge in [-0.25, -0.2) is 0 Å². The van der Waals surface area contributed by atoms with Crippen molar-refractivity contribution in [2.24, 2.45) is 12.8 Å². The minimum absolute atomic E-state index is 0. The predicted molar refractivity (Wildman–Crippen MR) is 101 cm³/mol. The molecule has 0 amide bonds. The number of aliphatic carboxylic acids is 1. The van der Waals surface area contributed by atoms with Gasteiger partial charge in [0.25, 0.3) is 5.56 Å². The van der Waals surface area contributed by atoms with Crippen LogP contribution in [-0.4, -0.2) is 21.7 Å². The summed E-state index contributed by atoms with van der Waals surface area (Å²) in [5.74, 6) is -1.03. The number of hydrogen-bond acceptors (Lipinski definition) is 3. The van der Waals surface area contributed by atoms with Gasteiger partial charge in [-0.05, 0) is 35.1 Å². The molecule has 0 aliphatic rings. The van der Waals surface area contributed by atoms with Crippen molar-refractivity contribution in [2.45, 2.75) is 12.5 Å². The van der Waals surface area contributed by atoms with Gasteiger partial charge in [0.1, 0.15) is 6.04 Å². The third-order valence-corrected chi connectivity index (χ3v) is 4.17. The van der Waals surface area contributed by atoms with Crippen LogP contribution < -0.4 is 11.3 Å². The Morgan fingerprint density at radius 2 is 1.80 bits per heavy atom. The minimum Gasteiger partial charge on any atom is -0.480 e. The first-order valence-electron chi connectivity index (χ1n) is 7.64. The summed E-state index contributed by atoms with van der Waals surface area (Å²) in [5.41, 5.74) is 8.61. The van der Waals surface area contributed by atoms with Crippen LogP contribution in [0, 0.1) is 0 Å². The predicted octanol–water partition coefficient (Wildman–Crippen LogP) is 2.58. The van der Waals surface area contributed by atoms with E-state index < -0.39 is 12.0 Å². The SMILES string of the molecule is Cl.Cn1c(=O)c(-c2ccc(C[C@H](N)C(=O)O)cc2)cc2ccccc21. The summed E-state index contributed by atoms with van der Waals surface area (Å²) in [5, 5.41) is 9.87. The van der Waals surface area contributed by atoms with Crippen molar-refractivity contribution < 1.29 is 9.90 Å². The minimum atomic E-state index is -1.03. The van der Waals surface area contributed by atoms with E-state index >= 15 is 0 Å². The third kappa shape index (κ3) is 3.73. The lowest BCUT2D eigenvalue weighted by atomic mass is 10.0. The topological polar surface area (TPSA) is 85.3 Å². The Labute approximate surface area is 151 Å². The molecular weight excluding hydrogens is 340 g/mol. The number of hydrogen-bond donors (Lipinski definition) is 2. The van der Waals surface area contributed by atoms with Crippen LogP contribution in [0.3, 0.4) is 0 Å². The van der Waals surface area contributed by atoms with Crippen LogP contribution in [0.2, 0.25) is 0 Å². The molecule has 0 aliphatic carbocycles. The monoisotopic (exact) mass is 358 g/mol. The number of aryl methyl sites for hydroxylation is 1. The van der Waals surface area contributed by atoms with Gasteiger partial charge in [-0.15, -0.1) is 12.4 Å². The van der Waals surface area contributed by atoms with Gasteiger partial charge in [-0.3, -0.25) is 9.59 Å². The van der Waals surface area contributed by atoms with Gasteiger partial charge in [-0.2, -0.15) is 0 Å². The second-order valence-corrected chi connectivity index (χ2v) is 5.83. The number of carbonyl (C=O) groups is 1. The number of nitrogens with two attached hydrogens (primary N) is 1. The smallest absolute Gasteiger partial charge is 0.320 e. The van der Waals surface area contributed by atoms with E-state index in [1.807, 2.05) is 54.6 Å². The summed E-state index contributed by atoms with van der Waals surface area (Å²) < 4.78 is 1.64. The molecule has 1 aromatic heterocycles. The number of rotatable bonds is 4. The number of nitrogens with zero attached hydrogens (tertiary/aromatic N) is 1. The molecule has 130 valence electrons. The van der Waals surface area contributed by atoms with E-state index in [2.05, 4.69) is 0 Å². The fraction of sp³-hybridized carbons (Fsp3) is 0.158. The number of benzene rings is 2. The maximum absolute atomic E-state index is 12.6. The quantitative estimate of drug-likeness (QED) is 0.750. The molecule has 1 atom stereocenters. The maximum atomic E-state index is 12.6. The molecule has 0 aliphatic heterocycles. The van der Waals surface area contributed by atoms with Crippen LogP contribution in [0.1, 0.15) is 5.56 Å². The van der Waals surface area contributed by atoms with Crippen LogP contribution in [0.25, 0.3) is 22.0 Å². The molecule has 0 spiro atoms. The molecule has 0 radical (unpaired) electrons. The summed E-state index contributed by atoms with van der Waals surface area (Å²) in [6, 6.07) is 16.0. The Hall–Kier alpha value is -2.63. The van der Waals surface area contributed by atoms with Crippen LogP contribution in [0.15, 0.2) is 59.4 Å². The molecule has 6 heteroatoms. The summed E-state index contributed by atoms with van der Waals surface area (Å²) in [7, 11) is 1.76. The van der Waals surface area contributed by atoms with Gasteiger partial charge < -0.3 is 15.4 Å². The molecule has 2 aromatic carbocycles. The van der Waals surface area contributed by atoms with Crippen LogP contribution in [-0.2, 0) is 18.3 Å². The highest BCUT2D eigenvalue weighted by atomic mass is 35.5. The molecule has 3 rings (SSSR count). The van der Waals surface area contributed by atoms with Gasteiger partial charge in [0, 0.05) is 12.6 Å². The zero-order chi connectivity index (χ0) is 17.3. The van der Waals surface area contributed by atoms with E-state index in [1.54, 1.807) is 11.6 Å². The fourth-order valence-corrected chi connectivity index (χ4v) is 2.79. The Morgan fingerprint density at radius 3 is 2.44 bits per heavy atom. The second-order valence-electron chi connectivity index (χ2n) is 5.83. The zero-order valence-corrected chi connectivity index (χ0v) is 14.5. The summed E-state index contributed by atoms with van der Waals surface area (Å²) in [6.45, 7) is 0. The zero-order valence-electron chi connectivity index (χ0n) is 13.7. The molecule has 0 unspecified atom stereocenters. The highest BCUT2D eigenvalue weighted by Crippen LogP contribution is 2.21. The number of carboxylic acids is 1. The van der Waals surface area contributed by atoms with Crippen molar-refractivity contribution in [2.75, 3.05) is 0 Å². The van der Waals surface area contributed by atoms with Gasteiger partial charge in [0.05, 0.1) is 5.52 Å². The molecule has 0 saturated heterocycles. The number of para-hydroxylation sites is 1. The Morgan fingerprint density at radius 1 is 1.16 bits per heavy atom. The van der Waals surface area contributed by atoms with Crippen molar-refractivity contribution in [1.29, 1.82) is 0 Å². The maximum Gasteiger partial charge on any atom is 0.320 e. The highest BCUT2D eigenvalue weighted by Gasteiger charge is 2.13. The summed E-state index contributed by atoms with van der Waals surface area (Å²) in [4.78, 5) is 23.4. The van der Waals surface area contributed by atoms with Crippen molar-refractivity contribution in [1.82, 2.24) is 4.57 Å². The lowest BCUT2D eigenvalue weighted by Gasteiger charge is -2.10. The summed E-state index contributed by atoms with van der Waals surface area (Å²) >= 11 is 0. The Bertz CT molecular complexity index is 965. The molecule has 1 heterocycles. The van der Waals surface area contributed by atoms with E-state index in [0.717, 1.165) is 22.0 Å². The van der Waals surface area contributed by atoms with Gasteiger partial charge in [0.15, 0.2) is 0 Å². The molecular formula is C19H19ClN2O3. The average Bonchev–Trinajstić information content (AvgIpc) is 2.59. The standard InChI is InChI=1S/C19H18N2O3.ClH/c1-21-17-5-3-2-4-14(17)11-15(18(21)22)13-8-6-12(7-9-13)10-16(20)19(23)24;/h2-9,11,16H,10,20H2,1H3,(H,23,24);1H/t16-;/m0./s1. The molecule has 0 bridgehead atoms. The first-order chi connectivity index (χ1) is 11.5.